The summed E-state index contributed by atoms with van der Waals surface area (Å²) in [7, 11) is 0. The van der Waals surface area contributed by atoms with Crippen LogP contribution in [0, 0.1) is 6.92 Å². The maximum absolute atomic E-state index is 13.6. The van der Waals surface area contributed by atoms with Crippen molar-refractivity contribution in [2.75, 3.05) is 11.5 Å². The van der Waals surface area contributed by atoms with E-state index in [1.54, 1.807) is 18.2 Å². The summed E-state index contributed by atoms with van der Waals surface area (Å²) in [6.07, 6.45) is 0.743. The van der Waals surface area contributed by atoms with Crippen LogP contribution in [0.3, 0.4) is 0 Å². The number of hydrogen-bond donors (Lipinski definition) is 1. The Hall–Kier alpha value is -4.17. The molecule has 6 rings (SSSR count). The average molecular weight is 527 g/mol. The Kier molecular flexibility index (Phi) is 5.91. The van der Waals surface area contributed by atoms with Gasteiger partial charge in [-0.25, -0.2) is 4.98 Å². The van der Waals surface area contributed by atoms with Crippen LogP contribution in [0.25, 0.3) is 16.0 Å². The summed E-state index contributed by atoms with van der Waals surface area (Å²) in [5.41, 5.74) is 3.89. The Balaban J connectivity index is 1.54. The summed E-state index contributed by atoms with van der Waals surface area (Å²) in [4.78, 5) is 33.2. The molecule has 0 spiro atoms. The maximum Gasteiger partial charge on any atom is 0.301 e. The molecule has 1 amide bonds. The molecule has 2 aliphatic heterocycles. The van der Waals surface area contributed by atoms with E-state index in [-0.39, 0.29) is 17.4 Å². The van der Waals surface area contributed by atoms with E-state index in [2.05, 4.69) is 0 Å². The van der Waals surface area contributed by atoms with Gasteiger partial charge in [0.1, 0.15) is 23.4 Å². The molecule has 4 aromatic rings. The first-order valence-corrected chi connectivity index (χ1v) is 13.4. The highest BCUT2D eigenvalue weighted by Crippen LogP contribution is 2.45. The molecular formula is C30H26N2O5S. The number of carbonyl (C=O) groups excluding carboxylic acids is 2. The first-order chi connectivity index (χ1) is 18.3. The molecule has 0 aliphatic carbocycles. The minimum absolute atomic E-state index is 0.0194. The summed E-state index contributed by atoms with van der Waals surface area (Å²) in [6.45, 7) is 6.33. The number of hydrogen-bond acceptors (Lipinski definition) is 7. The highest BCUT2D eigenvalue weighted by Gasteiger charge is 2.48. The summed E-state index contributed by atoms with van der Waals surface area (Å²) in [6, 6.07) is 17.6. The number of fused-ring (bicyclic) bond motifs is 2. The van der Waals surface area contributed by atoms with Crippen LogP contribution in [0.4, 0.5) is 5.13 Å². The Morgan fingerprint density at radius 1 is 1.16 bits per heavy atom. The molecule has 3 heterocycles. The predicted octanol–water partition coefficient (Wildman–Crippen LogP) is 5.95. The number of aryl methyl sites for hydroxylation is 1. The van der Waals surface area contributed by atoms with E-state index in [1.807, 2.05) is 63.2 Å². The van der Waals surface area contributed by atoms with Crippen molar-refractivity contribution in [3.8, 4) is 11.5 Å². The lowest BCUT2D eigenvalue weighted by Crippen LogP contribution is -2.29. The summed E-state index contributed by atoms with van der Waals surface area (Å²) >= 11 is 1.34. The molecule has 0 saturated carbocycles. The zero-order valence-corrected chi connectivity index (χ0v) is 22.0. The van der Waals surface area contributed by atoms with E-state index in [4.69, 9.17) is 14.5 Å². The van der Waals surface area contributed by atoms with Crippen LogP contribution in [0.2, 0.25) is 0 Å². The number of nitrogens with zero attached hydrogens (tertiary/aromatic N) is 2. The van der Waals surface area contributed by atoms with E-state index in [0.717, 1.165) is 27.1 Å². The van der Waals surface area contributed by atoms with Crippen molar-refractivity contribution >= 4 is 44.1 Å². The number of ether oxygens (including phenoxy) is 2. The van der Waals surface area contributed by atoms with Crippen molar-refractivity contribution < 1.29 is 24.2 Å². The molecule has 1 fully saturated rings. The van der Waals surface area contributed by atoms with Gasteiger partial charge in [-0.1, -0.05) is 29.5 Å². The van der Waals surface area contributed by atoms with E-state index >= 15 is 0 Å². The molecule has 1 aromatic heterocycles. The largest absolute Gasteiger partial charge is 0.507 e. The van der Waals surface area contributed by atoms with Gasteiger partial charge in [-0.05, 0) is 79.9 Å². The number of thiazole rings is 1. The Labute approximate surface area is 224 Å². The van der Waals surface area contributed by atoms with Gasteiger partial charge >= 0.3 is 5.91 Å². The monoisotopic (exact) mass is 526 g/mol. The third-order valence-electron chi connectivity index (χ3n) is 6.84. The second kappa shape index (κ2) is 9.29. The van der Waals surface area contributed by atoms with Crippen LogP contribution >= 0.6 is 11.3 Å². The van der Waals surface area contributed by atoms with Crippen molar-refractivity contribution in [3.05, 3.63) is 88.5 Å². The second-order valence-electron chi connectivity index (χ2n) is 9.60. The summed E-state index contributed by atoms with van der Waals surface area (Å²) in [5, 5.41) is 11.9. The third-order valence-corrected chi connectivity index (χ3v) is 7.85. The highest BCUT2D eigenvalue weighted by molar-refractivity contribution is 7.22. The molecule has 2 atom stereocenters. The van der Waals surface area contributed by atoms with Gasteiger partial charge in [-0.15, -0.1) is 0 Å². The zero-order chi connectivity index (χ0) is 26.6. The molecule has 0 bridgehead atoms. The summed E-state index contributed by atoms with van der Waals surface area (Å²) in [5.74, 6) is -0.335. The normalized spacial score (nSPS) is 20.1. The quantitative estimate of drug-likeness (QED) is 0.196. The van der Waals surface area contributed by atoms with E-state index in [9.17, 15) is 14.7 Å². The maximum atomic E-state index is 13.6. The lowest BCUT2D eigenvalue weighted by molar-refractivity contribution is -0.132. The van der Waals surface area contributed by atoms with Crippen molar-refractivity contribution in [2.24, 2.45) is 0 Å². The number of benzene rings is 3. The molecule has 2 unspecified atom stereocenters. The first-order valence-electron chi connectivity index (χ1n) is 12.5. The third kappa shape index (κ3) is 4.01. The van der Waals surface area contributed by atoms with Crippen LogP contribution in [0.15, 0.2) is 66.2 Å². The number of aromatic nitrogens is 1. The molecule has 3 aromatic carbocycles. The average Bonchev–Trinajstić information content (AvgIpc) is 3.56. The number of aliphatic hydroxyl groups excluding tert-OH is 1. The molecule has 2 aliphatic rings. The Morgan fingerprint density at radius 3 is 2.82 bits per heavy atom. The van der Waals surface area contributed by atoms with Crippen LogP contribution < -0.4 is 14.4 Å². The molecule has 1 N–H and O–H groups in total. The van der Waals surface area contributed by atoms with Gasteiger partial charge in [0, 0.05) is 12.0 Å². The van der Waals surface area contributed by atoms with E-state index in [0.29, 0.717) is 35.0 Å². The fourth-order valence-electron chi connectivity index (χ4n) is 5.13. The number of ketones is 1. The van der Waals surface area contributed by atoms with Crippen LogP contribution in [0.5, 0.6) is 11.5 Å². The minimum Gasteiger partial charge on any atom is -0.507 e. The second-order valence-corrected chi connectivity index (χ2v) is 10.6. The van der Waals surface area contributed by atoms with E-state index < -0.39 is 17.7 Å². The zero-order valence-electron chi connectivity index (χ0n) is 21.2. The van der Waals surface area contributed by atoms with Gasteiger partial charge in [0.2, 0.25) is 0 Å². The topological polar surface area (TPSA) is 89.0 Å². The highest BCUT2D eigenvalue weighted by atomic mass is 32.1. The standard InChI is InChI=1S/C30H26N2O5S/c1-4-36-21-7-5-6-18(15-21)26-25(27(33)19-9-11-23-20(14-19)13-17(3)37-23)28(34)29(35)32(26)30-31-22-10-8-16(2)12-24(22)38-30/h5-12,14-15,17,26,33H,4,13H2,1-3H3/b27-25-. The van der Waals surface area contributed by atoms with Gasteiger partial charge in [-0.3, -0.25) is 14.5 Å². The lowest BCUT2D eigenvalue weighted by Gasteiger charge is -2.23. The Bertz CT molecular complexity index is 1640. The first kappa shape index (κ1) is 24.2. The van der Waals surface area contributed by atoms with Gasteiger partial charge in [0.05, 0.1) is 28.4 Å². The van der Waals surface area contributed by atoms with E-state index in [1.165, 1.54) is 16.2 Å². The fourth-order valence-corrected chi connectivity index (χ4v) is 6.22. The van der Waals surface area contributed by atoms with Crippen molar-refractivity contribution in [2.45, 2.75) is 39.3 Å². The van der Waals surface area contributed by atoms with Crippen LogP contribution in [-0.4, -0.2) is 34.5 Å². The van der Waals surface area contributed by atoms with Gasteiger partial charge in [0.15, 0.2) is 5.13 Å². The minimum atomic E-state index is -0.875. The van der Waals surface area contributed by atoms with Crippen molar-refractivity contribution in [1.82, 2.24) is 4.98 Å². The number of carbonyl (C=O) groups is 2. The van der Waals surface area contributed by atoms with Crippen LogP contribution in [-0.2, 0) is 16.0 Å². The number of rotatable bonds is 5. The molecule has 0 radical (unpaired) electrons. The van der Waals surface area contributed by atoms with Gasteiger partial charge in [0.25, 0.3) is 5.78 Å². The lowest BCUT2D eigenvalue weighted by atomic mass is 9.94. The molecular weight excluding hydrogens is 500 g/mol. The van der Waals surface area contributed by atoms with Crippen molar-refractivity contribution in [1.29, 1.82) is 0 Å². The van der Waals surface area contributed by atoms with Crippen molar-refractivity contribution in [3.63, 3.8) is 0 Å². The fraction of sp³-hybridized carbons (Fsp3) is 0.233. The molecule has 1 saturated heterocycles. The van der Waals surface area contributed by atoms with Crippen LogP contribution in [0.1, 0.15) is 42.1 Å². The number of anilines is 1. The molecule has 38 heavy (non-hydrogen) atoms. The van der Waals surface area contributed by atoms with Gasteiger partial charge in [-0.2, -0.15) is 0 Å². The smallest absolute Gasteiger partial charge is 0.301 e. The Morgan fingerprint density at radius 2 is 2.00 bits per heavy atom. The van der Waals surface area contributed by atoms with Gasteiger partial charge < -0.3 is 14.6 Å². The summed E-state index contributed by atoms with van der Waals surface area (Å²) < 4.78 is 12.4. The number of aliphatic hydroxyl groups is 1. The number of Topliss-reactive ketones (excluding diaryl/α,β-unsaturated/α-hetero) is 1. The number of amides is 1. The molecule has 8 heteroatoms. The molecule has 192 valence electrons. The SMILES string of the molecule is CCOc1cccc(C2/C(=C(/O)c3ccc4c(c3)CC(C)O4)C(=O)C(=O)N2c2nc3ccc(C)cc3s2)c1. The predicted molar refractivity (Wildman–Crippen MR) is 147 cm³/mol. The molecule has 7 nitrogen and oxygen atoms in total.